The van der Waals surface area contributed by atoms with Crippen LogP contribution in [0, 0.1) is 20.8 Å². The highest BCUT2D eigenvalue weighted by Crippen LogP contribution is 2.24. The van der Waals surface area contributed by atoms with E-state index in [9.17, 15) is 9.59 Å². The molecule has 1 fully saturated rings. The minimum atomic E-state index is -0.587. The van der Waals surface area contributed by atoms with Crippen LogP contribution in [0.4, 0.5) is 0 Å². The molecule has 0 aliphatic heterocycles. The smallest absolute Gasteiger partial charge is 0.261 e. The summed E-state index contributed by atoms with van der Waals surface area (Å²) in [6.07, 6.45) is 4.30. The highest BCUT2D eigenvalue weighted by molar-refractivity contribution is 9.10. The van der Waals surface area contributed by atoms with Gasteiger partial charge in [-0.15, -0.1) is 0 Å². The summed E-state index contributed by atoms with van der Waals surface area (Å²) in [5.74, 6) is 0.396. The van der Waals surface area contributed by atoms with Crippen LogP contribution in [-0.4, -0.2) is 35.4 Å². The minimum absolute atomic E-state index is 0.107. The van der Waals surface area contributed by atoms with Gasteiger partial charge in [0.1, 0.15) is 11.8 Å². The van der Waals surface area contributed by atoms with Gasteiger partial charge in [-0.1, -0.05) is 47.0 Å². The molecule has 0 spiro atoms. The molecule has 0 aromatic heterocycles. The van der Waals surface area contributed by atoms with E-state index in [2.05, 4.69) is 27.3 Å². The van der Waals surface area contributed by atoms with Crippen LogP contribution in [0.3, 0.4) is 0 Å². The molecule has 1 saturated carbocycles. The van der Waals surface area contributed by atoms with Crippen molar-refractivity contribution in [2.75, 3.05) is 6.61 Å². The Morgan fingerprint density at radius 2 is 1.78 bits per heavy atom. The highest BCUT2D eigenvalue weighted by Gasteiger charge is 2.28. The van der Waals surface area contributed by atoms with Crippen LogP contribution in [0.15, 0.2) is 40.9 Å². The Hall–Kier alpha value is -2.34. The Balaban J connectivity index is 1.74. The van der Waals surface area contributed by atoms with Gasteiger partial charge >= 0.3 is 0 Å². The van der Waals surface area contributed by atoms with Crippen LogP contribution >= 0.6 is 15.9 Å². The Kier molecular flexibility index (Phi) is 8.35. The van der Waals surface area contributed by atoms with Crippen molar-refractivity contribution in [3.05, 3.63) is 63.1 Å². The molecule has 1 aliphatic carbocycles. The van der Waals surface area contributed by atoms with E-state index >= 15 is 0 Å². The van der Waals surface area contributed by atoms with Gasteiger partial charge in [-0.05, 0) is 81.0 Å². The number of hydrogen-bond acceptors (Lipinski definition) is 3. The Bertz CT molecular complexity index is 952. The second-order valence-corrected chi connectivity index (χ2v) is 9.72. The van der Waals surface area contributed by atoms with Gasteiger partial charge in [0.05, 0.1) is 0 Å². The molecule has 0 unspecified atom stereocenters. The predicted molar refractivity (Wildman–Crippen MR) is 131 cm³/mol. The molecule has 2 aromatic rings. The fraction of sp³-hybridized carbons (Fsp3) is 0.462. The third-order valence-corrected chi connectivity index (χ3v) is 6.78. The lowest BCUT2D eigenvalue weighted by atomic mass is 10.1. The maximum atomic E-state index is 13.3. The largest absolute Gasteiger partial charge is 0.483 e. The topological polar surface area (TPSA) is 58.6 Å². The predicted octanol–water partition coefficient (Wildman–Crippen LogP) is 5.23. The number of amides is 2. The molecule has 0 saturated heterocycles. The first-order valence-corrected chi connectivity index (χ1v) is 12.1. The van der Waals surface area contributed by atoms with E-state index in [1.54, 1.807) is 11.8 Å². The molecule has 0 heterocycles. The second kappa shape index (κ2) is 11.0. The number of nitrogens with one attached hydrogen (secondary N) is 1. The number of aryl methyl sites for hydroxylation is 2. The molecule has 3 rings (SSSR count). The van der Waals surface area contributed by atoms with Gasteiger partial charge < -0.3 is 15.0 Å². The number of ether oxygens (including phenoxy) is 1. The molecular formula is C26H33BrN2O3. The van der Waals surface area contributed by atoms with Crippen molar-refractivity contribution in [1.29, 1.82) is 0 Å². The third-order valence-electron chi connectivity index (χ3n) is 6.25. The van der Waals surface area contributed by atoms with E-state index in [0.717, 1.165) is 52.4 Å². The van der Waals surface area contributed by atoms with Crippen LogP contribution < -0.4 is 10.1 Å². The fourth-order valence-electron chi connectivity index (χ4n) is 4.13. The van der Waals surface area contributed by atoms with Crippen molar-refractivity contribution in [2.45, 2.75) is 72.0 Å². The first-order valence-electron chi connectivity index (χ1n) is 11.3. The summed E-state index contributed by atoms with van der Waals surface area (Å²) in [5, 5.41) is 3.13. The number of rotatable bonds is 8. The van der Waals surface area contributed by atoms with Gasteiger partial charge in [-0.25, -0.2) is 0 Å². The standard InChI is InChI=1S/C26H33BrN2O3/c1-17-13-18(2)19(3)24(14-17)32-16-25(30)29(15-21-9-11-22(27)12-10-21)20(4)26(31)28-23-7-5-6-8-23/h9-14,20,23H,5-8,15-16H2,1-4H3,(H,28,31)/t20-/m1/s1. The van der Waals surface area contributed by atoms with E-state index in [4.69, 9.17) is 4.74 Å². The number of hydrogen-bond donors (Lipinski definition) is 1. The van der Waals surface area contributed by atoms with Crippen molar-refractivity contribution in [2.24, 2.45) is 0 Å². The van der Waals surface area contributed by atoms with Gasteiger partial charge in [0, 0.05) is 17.1 Å². The lowest BCUT2D eigenvalue weighted by molar-refractivity contribution is -0.142. The monoisotopic (exact) mass is 500 g/mol. The van der Waals surface area contributed by atoms with Gasteiger partial charge in [-0.3, -0.25) is 9.59 Å². The van der Waals surface area contributed by atoms with Gasteiger partial charge in [0.25, 0.3) is 5.91 Å². The molecule has 1 aliphatic rings. The summed E-state index contributed by atoms with van der Waals surface area (Å²) in [6.45, 7) is 8.07. The lowest BCUT2D eigenvalue weighted by Gasteiger charge is -2.30. The van der Waals surface area contributed by atoms with Gasteiger partial charge in [0.2, 0.25) is 5.91 Å². The van der Waals surface area contributed by atoms with Crippen LogP contribution in [0.25, 0.3) is 0 Å². The first-order chi connectivity index (χ1) is 15.2. The molecule has 172 valence electrons. The average molecular weight is 501 g/mol. The SMILES string of the molecule is Cc1cc(C)c(C)c(OCC(=O)N(Cc2ccc(Br)cc2)[C@H](C)C(=O)NC2CCCC2)c1. The van der Waals surface area contributed by atoms with Crippen molar-refractivity contribution in [3.63, 3.8) is 0 Å². The van der Waals surface area contributed by atoms with E-state index in [1.165, 1.54) is 0 Å². The zero-order chi connectivity index (χ0) is 23.3. The van der Waals surface area contributed by atoms with E-state index in [1.807, 2.05) is 51.1 Å². The van der Waals surface area contributed by atoms with E-state index in [-0.39, 0.29) is 24.5 Å². The van der Waals surface area contributed by atoms with Crippen molar-refractivity contribution >= 4 is 27.7 Å². The molecule has 6 heteroatoms. The second-order valence-electron chi connectivity index (χ2n) is 8.81. The Morgan fingerprint density at radius 3 is 2.44 bits per heavy atom. The van der Waals surface area contributed by atoms with E-state index < -0.39 is 6.04 Å². The number of carbonyl (C=O) groups excluding carboxylic acids is 2. The Morgan fingerprint density at radius 1 is 1.12 bits per heavy atom. The molecule has 1 atom stereocenters. The highest BCUT2D eigenvalue weighted by atomic mass is 79.9. The summed E-state index contributed by atoms with van der Waals surface area (Å²) in [4.78, 5) is 27.8. The molecule has 1 N–H and O–H groups in total. The minimum Gasteiger partial charge on any atom is -0.483 e. The summed E-state index contributed by atoms with van der Waals surface area (Å²) in [7, 11) is 0. The third kappa shape index (κ3) is 6.35. The molecular weight excluding hydrogens is 468 g/mol. The molecule has 5 nitrogen and oxygen atoms in total. The summed E-state index contributed by atoms with van der Waals surface area (Å²) < 4.78 is 6.90. The molecule has 2 amide bonds. The normalized spacial score (nSPS) is 14.8. The number of carbonyl (C=O) groups is 2. The summed E-state index contributed by atoms with van der Waals surface area (Å²) in [5.41, 5.74) is 4.20. The quantitative estimate of drug-likeness (QED) is 0.539. The fourth-order valence-corrected chi connectivity index (χ4v) is 4.40. The maximum absolute atomic E-state index is 13.3. The van der Waals surface area contributed by atoms with Crippen LogP contribution in [0.2, 0.25) is 0 Å². The summed E-state index contributed by atoms with van der Waals surface area (Å²) in [6, 6.07) is 11.5. The van der Waals surface area contributed by atoms with Crippen molar-refractivity contribution < 1.29 is 14.3 Å². The number of benzene rings is 2. The average Bonchev–Trinajstić information content (AvgIpc) is 3.27. The van der Waals surface area contributed by atoms with Crippen LogP contribution in [-0.2, 0) is 16.1 Å². The zero-order valence-corrected chi connectivity index (χ0v) is 21.0. The van der Waals surface area contributed by atoms with Crippen molar-refractivity contribution in [1.82, 2.24) is 10.2 Å². The maximum Gasteiger partial charge on any atom is 0.261 e. The van der Waals surface area contributed by atoms with Crippen LogP contribution in [0.5, 0.6) is 5.75 Å². The van der Waals surface area contributed by atoms with Crippen LogP contribution in [0.1, 0.15) is 54.9 Å². The zero-order valence-electron chi connectivity index (χ0n) is 19.4. The van der Waals surface area contributed by atoms with Crippen molar-refractivity contribution in [3.8, 4) is 5.75 Å². The first kappa shape index (κ1) is 24.3. The number of halogens is 1. The van der Waals surface area contributed by atoms with Gasteiger partial charge in [0.15, 0.2) is 6.61 Å². The summed E-state index contributed by atoms with van der Waals surface area (Å²) >= 11 is 3.45. The molecule has 32 heavy (non-hydrogen) atoms. The number of nitrogens with zero attached hydrogens (tertiary/aromatic N) is 1. The molecule has 0 radical (unpaired) electrons. The lowest BCUT2D eigenvalue weighted by Crippen LogP contribution is -2.50. The Labute approximate surface area is 199 Å². The van der Waals surface area contributed by atoms with E-state index in [0.29, 0.717) is 12.3 Å². The van der Waals surface area contributed by atoms with Gasteiger partial charge in [-0.2, -0.15) is 0 Å². The molecule has 0 bridgehead atoms. The molecule has 2 aromatic carbocycles.